The van der Waals surface area contributed by atoms with Gasteiger partial charge in [0.1, 0.15) is 5.75 Å². The Kier molecular flexibility index (Phi) is 5.96. The fourth-order valence-electron chi connectivity index (χ4n) is 3.47. The van der Waals surface area contributed by atoms with E-state index in [1.807, 2.05) is 30.5 Å². The molecule has 0 bridgehead atoms. The third kappa shape index (κ3) is 4.51. The molecule has 1 heterocycles. The van der Waals surface area contributed by atoms with Crippen molar-refractivity contribution in [3.05, 3.63) is 60.2 Å². The molecule has 1 aliphatic rings. The number of fused-ring (bicyclic) bond motifs is 1. The Bertz CT molecular complexity index is 986. The number of hydrogen-bond donors (Lipinski definition) is 2. The quantitative estimate of drug-likeness (QED) is 0.310. The first-order valence-electron chi connectivity index (χ1n) is 10.0. The van der Waals surface area contributed by atoms with Gasteiger partial charge in [0.2, 0.25) is 0 Å². The second kappa shape index (κ2) is 8.63. The average Bonchev–Trinajstić information content (AvgIpc) is 2.71. The van der Waals surface area contributed by atoms with Crippen LogP contribution >= 0.6 is 10.6 Å². The van der Waals surface area contributed by atoms with Gasteiger partial charge in [-0.2, -0.15) is 0 Å². The second-order valence-electron chi connectivity index (χ2n) is 7.49. The summed E-state index contributed by atoms with van der Waals surface area (Å²) >= 11 is 0. The fourth-order valence-corrected chi connectivity index (χ4v) is 4.52. The molecule has 0 aliphatic carbocycles. The summed E-state index contributed by atoms with van der Waals surface area (Å²) in [5, 5.41) is 20.0. The smallest absolute Gasteiger partial charge is 0.125 e. The lowest BCUT2D eigenvalue weighted by Crippen LogP contribution is -2.18. The van der Waals surface area contributed by atoms with Crippen LogP contribution in [0, 0.1) is 0 Å². The van der Waals surface area contributed by atoms with E-state index in [4.69, 9.17) is 8.67 Å². The lowest BCUT2D eigenvalue weighted by molar-refractivity contribution is -0.470. The van der Waals surface area contributed by atoms with Crippen LogP contribution in [0.2, 0.25) is 0 Å². The number of hydrogen-bond acceptors (Lipinski definition) is 5. The first-order valence-corrected chi connectivity index (χ1v) is 11.9. The van der Waals surface area contributed by atoms with Gasteiger partial charge in [0.05, 0.1) is 4.90 Å². The molecule has 6 heteroatoms. The minimum absolute atomic E-state index is 0.191. The molecule has 0 spiro atoms. The topological polar surface area (TPSA) is 60.0 Å². The molecular weight excluding hydrogens is 386 g/mol. The zero-order chi connectivity index (χ0) is 20.3. The van der Waals surface area contributed by atoms with Gasteiger partial charge in [-0.15, -0.1) is 10.6 Å². The van der Waals surface area contributed by atoms with Gasteiger partial charge in [-0.3, -0.25) is 0 Å². The number of aromatic hydroxyl groups is 1. The molecule has 154 valence electrons. The van der Waals surface area contributed by atoms with Gasteiger partial charge < -0.3 is 10.4 Å². The van der Waals surface area contributed by atoms with E-state index in [1.165, 1.54) is 31.2 Å². The zero-order valence-electron chi connectivity index (χ0n) is 16.8. The summed E-state index contributed by atoms with van der Waals surface area (Å²) < 4.78 is 10.2. The van der Waals surface area contributed by atoms with Crippen LogP contribution in [-0.2, 0) is 20.1 Å². The first kappa shape index (κ1) is 20.0. The van der Waals surface area contributed by atoms with E-state index in [1.54, 1.807) is 6.07 Å². The molecule has 0 aromatic heterocycles. The van der Waals surface area contributed by atoms with E-state index >= 15 is 0 Å². The second-order valence-corrected chi connectivity index (χ2v) is 9.78. The molecule has 3 aromatic carbocycles. The molecule has 0 atom stereocenters. The number of unbranched alkanes of at least 4 members (excludes halogenated alkanes) is 3. The van der Waals surface area contributed by atoms with Crippen LogP contribution in [0.15, 0.2) is 59.5 Å². The molecular formula is C23H27NO4S. The van der Waals surface area contributed by atoms with Gasteiger partial charge >= 0.3 is 0 Å². The van der Waals surface area contributed by atoms with Crippen LogP contribution in [-0.4, -0.2) is 11.4 Å². The molecule has 0 radical (unpaired) electrons. The highest BCUT2D eigenvalue weighted by Crippen LogP contribution is 2.62. The maximum Gasteiger partial charge on any atom is 0.125 e. The van der Waals surface area contributed by atoms with E-state index < -0.39 is 10.6 Å². The van der Waals surface area contributed by atoms with Gasteiger partial charge in [0.15, 0.2) is 0 Å². The number of phenols is 1. The van der Waals surface area contributed by atoms with E-state index in [2.05, 4.69) is 41.5 Å². The van der Waals surface area contributed by atoms with Crippen molar-refractivity contribution in [1.29, 1.82) is 0 Å². The van der Waals surface area contributed by atoms with Crippen molar-refractivity contribution in [2.75, 3.05) is 11.6 Å². The number of benzene rings is 3. The Morgan fingerprint density at radius 2 is 1.66 bits per heavy atom. The molecule has 0 amide bonds. The van der Waals surface area contributed by atoms with Crippen LogP contribution in [0.1, 0.15) is 38.2 Å². The summed E-state index contributed by atoms with van der Waals surface area (Å²) in [6.45, 7) is 2.24. The van der Waals surface area contributed by atoms with Crippen molar-refractivity contribution < 1.29 is 18.8 Å². The van der Waals surface area contributed by atoms with Gasteiger partial charge in [0, 0.05) is 29.1 Å². The van der Waals surface area contributed by atoms with Gasteiger partial charge in [-0.05, 0) is 59.2 Å². The Hall–Kier alpha value is -2.25. The minimum Gasteiger partial charge on any atom is -0.507 e. The highest BCUT2D eigenvalue weighted by molar-refractivity contribution is 8.25. The largest absolute Gasteiger partial charge is 0.507 e. The van der Waals surface area contributed by atoms with Gasteiger partial charge in [-0.25, -0.2) is 0 Å². The summed E-state index contributed by atoms with van der Waals surface area (Å²) in [4.78, 5) is 0.781. The van der Waals surface area contributed by atoms with E-state index in [0.717, 1.165) is 33.5 Å². The average molecular weight is 414 g/mol. The molecule has 2 N–H and O–H groups in total. The van der Waals surface area contributed by atoms with Crippen LogP contribution < -0.4 is 5.32 Å². The van der Waals surface area contributed by atoms with E-state index in [9.17, 15) is 5.11 Å². The number of rotatable bonds is 8. The maximum absolute atomic E-state index is 10.5. The summed E-state index contributed by atoms with van der Waals surface area (Å²) in [5.74, 6) is 0.191. The van der Waals surface area contributed by atoms with E-state index in [-0.39, 0.29) is 5.75 Å². The fraction of sp³-hybridized carbons (Fsp3) is 0.304. The SMILES string of the molecule is CCCCCCc1ccc(Nc2ccc3cc(S4(C)OOO4)cc(O)c3c2)cc1. The van der Waals surface area contributed by atoms with E-state index in [0.29, 0.717) is 0 Å². The lowest BCUT2D eigenvalue weighted by atomic mass is 10.1. The van der Waals surface area contributed by atoms with Crippen molar-refractivity contribution in [1.82, 2.24) is 0 Å². The molecule has 29 heavy (non-hydrogen) atoms. The molecule has 1 fully saturated rings. The molecule has 4 rings (SSSR count). The Morgan fingerprint density at radius 1 is 0.897 bits per heavy atom. The summed E-state index contributed by atoms with van der Waals surface area (Å²) in [6, 6.07) is 18.2. The third-order valence-electron chi connectivity index (χ3n) is 5.21. The Morgan fingerprint density at radius 3 is 2.34 bits per heavy atom. The van der Waals surface area contributed by atoms with Crippen molar-refractivity contribution in [2.24, 2.45) is 0 Å². The number of phenolic OH excluding ortho intramolecular Hbond substituents is 1. The van der Waals surface area contributed by atoms with Crippen molar-refractivity contribution in [3.63, 3.8) is 0 Å². The predicted molar refractivity (Wildman–Crippen MR) is 118 cm³/mol. The highest BCUT2D eigenvalue weighted by atomic mass is 32.3. The molecule has 0 unspecified atom stereocenters. The summed E-state index contributed by atoms with van der Waals surface area (Å²) in [5.41, 5.74) is 3.33. The Labute approximate surface area is 173 Å². The third-order valence-corrected chi connectivity index (χ3v) is 6.93. The Balaban J connectivity index is 1.47. The molecule has 1 aliphatic heterocycles. The molecule has 3 aromatic rings. The standard InChI is InChI=1S/C23H27NO4S/c1-3-4-5-6-7-17-8-11-19(12-9-17)24-20-13-10-18-14-21(29(2)27-26-28-29)16-23(25)22(18)15-20/h8-16,24-25H,3-7H2,1-2H3. The minimum atomic E-state index is -1.90. The molecule has 5 nitrogen and oxygen atoms in total. The van der Waals surface area contributed by atoms with Crippen molar-refractivity contribution in [3.8, 4) is 5.75 Å². The number of nitrogens with one attached hydrogen (secondary N) is 1. The number of aryl methyl sites for hydroxylation is 1. The van der Waals surface area contributed by atoms with Crippen LogP contribution in [0.3, 0.4) is 0 Å². The van der Waals surface area contributed by atoms with Crippen LogP contribution in [0.25, 0.3) is 10.8 Å². The maximum atomic E-state index is 10.5. The predicted octanol–water partition coefficient (Wildman–Crippen LogP) is 6.93. The first-order chi connectivity index (χ1) is 14.1. The summed E-state index contributed by atoms with van der Waals surface area (Å²) in [7, 11) is -1.90. The van der Waals surface area contributed by atoms with Crippen molar-refractivity contribution >= 4 is 32.7 Å². The van der Waals surface area contributed by atoms with Crippen LogP contribution in [0.5, 0.6) is 5.75 Å². The van der Waals surface area contributed by atoms with Crippen molar-refractivity contribution in [2.45, 2.75) is 43.9 Å². The van der Waals surface area contributed by atoms with Crippen LogP contribution in [0.4, 0.5) is 11.4 Å². The van der Waals surface area contributed by atoms with Gasteiger partial charge in [0.25, 0.3) is 0 Å². The lowest BCUT2D eigenvalue weighted by Gasteiger charge is -2.41. The highest BCUT2D eigenvalue weighted by Gasteiger charge is 2.32. The zero-order valence-corrected chi connectivity index (χ0v) is 17.6. The summed E-state index contributed by atoms with van der Waals surface area (Å²) in [6.07, 6.45) is 8.07. The number of anilines is 2. The molecule has 1 saturated heterocycles. The monoisotopic (exact) mass is 413 g/mol. The normalized spacial score (nSPS) is 16.3. The molecule has 0 saturated carbocycles. The van der Waals surface area contributed by atoms with Gasteiger partial charge in [-0.1, -0.05) is 53.1 Å².